The lowest BCUT2D eigenvalue weighted by Crippen LogP contribution is -2.46. The molecule has 2 heterocycles. The van der Waals surface area contributed by atoms with Crippen LogP contribution in [0.5, 0.6) is 0 Å². The molecule has 1 aromatic heterocycles. The Morgan fingerprint density at radius 2 is 1.38 bits per heavy atom. The van der Waals surface area contributed by atoms with Crippen LogP contribution >= 0.6 is 11.3 Å². The third-order valence-electron chi connectivity index (χ3n) is 5.72. The van der Waals surface area contributed by atoms with Gasteiger partial charge in [-0.05, 0) is 37.8 Å². The molecule has 0 saturated carbocycles. The van der Waals surface area contributed by atoms with Gasteiger partial charge in [0.1, 0.15) is 11.1 Å². The largest absolute Gasteiger partial charge is 0.473 e. The number of nitrogens with one attached hydrogen (secondary N) is 1. The molecule has 0 atom stereocenters. The lowest BCUT2D eigenvalue weighted by Gasteiger charge is -2.33. The number of piperazine rings is 1. The SMILES string of the molecule is CCN1CCN(CCC(=O)Nc2sc3c(c2C#N)CCCCC3)CC1.O=C(O)C(=O)O.O=C(O)C(=O)O. The van der Waals surface area contributed by atoms with E-state index in [9.17, 15) is 10.1 Å². The molecule has 0 bridgehead atoms. The van der Waals surface area contributed by atoms with Crippen LogP contribution in [0.25, 0.3) is 0 Å². The Labute approximate surface area is 217 Å². The number of nitriles is 1. The molecule has 13 nitrogen and oxygen atoms in total. The molecule has 2 aliphatic rings. The molecule has 5 N–H and O–H groups in total. The molecule has 1 amide bonds. The Kier molecular flexibility index (Phi) is 13.8. The second kappa shape index (κ2) is 16.3. The van der Waals surface area contributed by atoms with Crippen LogP contribution in [0.2, 0.25) is 0 Å². The first-order valence-electron chi connectivity index (χ1n) is 11.7. The van der Waals surface area contributed by atoms with Crippen LogP contribution in [0, 0.1) is 11.3 Å². The molecule has 0 spiro atoms. The number of aliphatic carboxylic acids is 4. The summed E-state index contributed by atoms with van der Waals surface area (Å²) in [4.78, 5) is 54.9. The highest BCUT2D eigenvalue weighted by Gasteiger charge is 2.21. The number of likely N-dealkylation sites (N-methyl/N-ethyl adjacent to an activating group) is 1. The van der Waals surface area contributed by atoms with E-state index in [-0.39, 0.29) is 5.91 Å². The predicted molar refractivity (Wildman–Crippen MR) is 133 cm³/mol. The van der Waals surface area contributed by atoms with Crippen molar-refractivity contribution in [2.75, 3.05) is 44.6 Å². The fourth-order valence-corrected chi connectivity index (χ4v) is 4.98. The van der Waals surface area contributed by atoms with Crippen LogP contribution in [-0.2, 0) is 36.8 Å². The molecular formula is C23H32N4O9S. The number of carboxylic acids is 4. The Morgan fingerprint density at radius 1 is 0.865 bits per heavy atom. The van der Waals surface area contributed by atoms with Crippen molar-refractivity contribution in [2.24, 2.45) is 0 Å². The number of rotatable bonds is 5. The van der Waals surface area contributed by atoms with E-state index in [0.29, 0.717) is 12.0 Å². The van der Waals surface area contributed by atoms with E-state index >= 15 is 0 Å². The summed E-state index contributed by atoms with van der Waals surface area (Å²) in [6.45, 7) is 8.36. The zero-order chi connectivity index (χ0) is 28.0. The van der Waals surface area contributed by atoms with Crippen molar-refractivity contribution in [1.82, 2.24) is 9.80 Å². The first-order chi connectivity index (χ1) is 17.5. The number of thiophene rings is 1. The topological polar surface area (TPSA) is 209 Å². The number of nitrogens with zero attached hydrogens (tertiary/aromatic N) is 3. The van der Waals surface area contributed by atoms with Crippen molar-refractivity contribution in [3.05, 3.63) is 16.0 Å². The smallest absolute Gasteiger partial charge is 0.414 e. The number of carbonyl (C=O) groups excluding carboxylic acids is 1. The van der Waals surface area contributed by atoms with Gasteiger partial charge in [-0.25, -0.2) is 19.2 Å². The first kappa shape index (κ1) is 31.5. The van der Waals surface area contributed by atoms with Crippen LogP contribution in [0.1, 0.15) is 48.6 Å². The van der Waals surface area contributed by atoms with Gasteiger partial charge >= 0.3 is 23.9 Å². The highest BCUT2D eigenvalue weighted by atomic mass is 32.1. The van der Waals surface area contributed by atoms with E-state index in [4.69, 9.17) is 39.6 Å². The lowest BCUT2D eigenvalue weighted by molar-refractivity contribution is -0.159. The van der Waals surface area contributed by atoms with Crippen molar-refractivity contribution < 1.29 is 44.4 Å². The fraction of sp³-hybridized carbons (Fsp3) is 0.565. The molecule has 14 heteroatoms. The number of carboxylic acid groups (broad SMARTS) is 4. The van der Waals surface area contributed by atoms with Gasteiger partial charge in [0.2, 0.25) is 5.91 Å². The van der Waals surface area contributed by atoms with Gasteiger partial charge < -0.3 is 35.5 Å². The third-order valence-corrected chi connectivity index (χ3v) is 6.93. The molecule has 37 heavy (non-hydrogen) atoms. The van der Waals surface area contributed by atoms with Gasteiger partial charge in [0.05, 0.1) is 5.56 Å². The second-order valence-electron chi connectivity index (χ2n) is 8.18. The van der Waals surface area contributed by atoms with E-state index in [0.717, 1.165) is 63.5 Å². The maximum Gasteiger partial charge on any atom is 0.414 e. The number of hydrogen-bond donors (Lipinski definition) is 5. The predicted octanol–water partition coefficient (Wildman–Crippen LogP) is 1.17. The zero-order valence-corrected chi connectivity index (χ0v) is 21.4. The molecule has 0 radical (unpaired) electrons. The summed E-state index contributed by atoms with van der Waals surface area (Å²) >= 11 is 1.62. The summed E-state index contributed by atoms with van der Waals surface area (Å²) in [7, 11) is 0. The van der Waals surface area contributed by atoms with Crippen molar-refractivity contribution in [3.8, 4) is 6.07 Å². The maximum absolute atomic E-state index is 12.4. The molecule has 1 aliphatic heterocycles. The summed E-state index contributed by atoms with van der Waals surface area (Å²) < 4.78 is 0. The highest BCUT2D eigenvalue weighted by molar-refractivity contribution is 7.16. The number of carbonyl (C=O) groups is 5. The molecule has 0 unspecified atom stereocenters. The molecule has 0 aromatic carbocycles. The van der Waals surface area contributed by atoms with Crippen LogP contribution < -0.4 is 5.32 Å². The molecule has 204 valence electrons. The number of aryl methyl sites for hydroxylation is 1. The van der Waals surface area contributed by atoms with Crippen molar-refractivity contribution in [1.29, 1.82) is 5.26 Å². The van der Waals surface area contributed by atoms with Gasteiger partial charge in [-0.2, -0.15) is 5.26 Å². The van der Waals surface area contributed by atoms with E-state index in [1.54, 1.807) is 11.3 Å². The van der Waals surface area contributed by atoms with Gasteiger partial charge in [-0.3, -0.25) is 4.79 Å². The van der Waals surface area contributed by atoms with Crippen LogP contribution in [0.15, 0.2) is 0 Å². The van der Waals surface area contributed by atoms with E-state index < -0.39 is 23.9 Å². The van der Waals surface area contributed by atoms with Crippen LogP contribution in [0.3, 0.4) is 0 Å². The van der Waals surface area contributed by atoms with Gasteiger partial charge in [-0.1, -0.05) is 13.3 Å². The van der Waals surface area contributed by atoms with Gasteiger partial charge in [0.25, 0.3) is 0 Å². The quantitative estimate of drug-likeness (QED) is 0.263. The minimum absolute atomic E-state index is 0.0332. The number of fused-ring (bicyclic) bond motifs is 1. The average molecular weight is 541 g/mol. The maximum atomic E-state index is 12.4. The second-order valence-corrected chi connectivity index (χ2v) is 9.28. The summed E-state index contributed by atoms with van der Waals surface area (Å²) in [6.07, 6.45) is 6.10. The number of hydrogen-bond acceptors (Lipinski definition) is 9. The monoisotopic (exact) mass is 540 g/mol. The summed E-state index contributed by atoms with van der Waals surface area (Å²) in [5, 5.41) is 42.9. The van der Waals surface area contributed by atoms with Crippen molar-refractivity contribution in [2.45, 2.75) is 45.4 Å². The third kappa shape index (κ3) is 11.4. The summed E-state index contributed by atoms with van der Waals surface area (Å²) in [5.41, 5.74) is 1.91. The van der Waals surface area contributed by atoms with Gasteiger partial charge in [0, 0.05) is 44.0 Å². The number of anilines is 1. The van der Waals surface area contributed by atoms with E-state index in [1.807, 2.05) is 0 Å². The Morgan fingerprint density at radius 3 is 1.86 bits per heavy atom. The standard InChI is InChI=1S/C19H28N4OS.2C2H2O4/c1-2-22-10-12-23(13-11-22)9-8-18(24)21-19-16(14-20)15-6-4-3-5-7-17(15)25-19;2*3-1(4)2(5)6/h2-13H2,1H3,(H,21,24);2*(H,3,4)(H,5,6). The normalized spacial score (nSPS) is 15.2. The number of amides is 1. The molecule has 3 rings (SSSR count). The van der Waals surface area contributed by atoms with Crippen molar-refractivity contribution >= 4 is 46.1 Å². The molecule has 1 fully saturated rings. The highest BCUT2D eigenvalue weighted by Crippen LogP contribution is 2.37. The minimum Gasteiger partial charge on any atom is -0.473 e. The molecule has 1 saturated heterocycles. The van der Waals surface area contributed by atoms with Crippen molar-refractivity contribution in [3.63, 3.8) is 0 Å². The fourth-order valence-electron chi connectivity index (χ4n) is 3.73. The summed E-state index contributed by atoms with van der Waals surface area (Å²) in [5.74, 6) is -7.26. The molecule has 1 aliphatic carbocycles. The molecule has 1 aromatic rings. The van der Waals surface area contributed by atoms with Crippen LogP contribution in [0.4, 0.5) is 5.00 Å². The Bertz CT molecular complexity index is 963. The zero-order valence-electron chi connectivity index (χ0n) is 20.6. The van der Waals surface area contributed by atoms with E-state index in [1.165, 1.54) is 23.3 Å². The minimum atomic E-state index is -1.82. The van der Waals surface area contributed by atoms with Gasteiger partial charge in [0.15, 0.2) is 0 Å². The average Bonchev–Trinajstić information content (AvgIpc) is 3.02. The first-order valence-corrected chi connectivity index (χ1v) is 12.5. The van der Waals surface area contributed by atoms with Crippen LogP contribution in [-0.4, -0.2) is 99.3 Å². The van der Waals surface area contributed by atoms with Gasteiger partial charge in [-0.15, -0.1) is 11.3 Å². The lowest BCUT2D eigenvalue weighted by atomic mass is 10.1. The van der Waals surface area contributed by atoms with E-state index in [2.05, 4.69) is 28.1 Å². The Balaban J connectivity index is 0.000000476. The molecular weight excluding hydrogens is 508 g/mol. The Hall–Kier alpha value is -3.54. The summed E-state index contributed by atoms with van der Waals surface area (Å²) in [6, 6.07) is 2.33.